The van der Waals surface area contributed by atoms with Crippen molar-refractivity contribution in [1.29, 1.82) is 0 Å². The van der Waals surface area contributed by atoms with Crippen LogP contribution in [0.15, 0.2) is 0 Å². The zero-order valence-corrected chi connectivity index (χ0v) is 26.5. The Morgan fingerprint density at radius 3 is 1.92 bits per heavy atom. The van der Waals surface area contributed by atoms with Crippen LogP contribution in [-0.4, -0.2) is 40.2 Å². The first kappa shape index (κ1) is 30.3. The van der Waals surface area contributed by atoms with Gasteiger partial charge in [-0.15, -0.1) is 0 Å². The molecule has 4 unspecified atom stereocenters. The van der Waals surface area contributed by atoms with Crippen LogP contribution in [0.1, 0.15) is 132 Å². The SMILES string of the molecule is CC(CCC(O)C(O)C(O)CN)[C@H]1CC[C@]2(C)[C@H]3CC[C@@H]4[C@@]5(C)CCCC(C)(C)[C@@H]5CC[C@@]4(C)[C@]3(C)CC[C@@H]12. The Morgan fingerprint density at radius 1 is 0.667 bits per heavy atom. The maximum absolute atomic E-state index is 10.5. The summed E-state index contributed by atoms with van der Waals surface area (Å²) in [5, 5.41) is 30.6. The van der Waals surface area contributed by atoms with Gasteiger partial charge in [0.2, 0.25) is 0 Å². The Hall–Kier alpha value is -0.160. The van der Waals surface area contributed by atoms with E-state index in [0.29, 0.717) is 45.3 Å². The quantitative estimate of drug-likeness (QED) is 0.279. The number of fused-ring (bicyclic) bond motifs is 7. The molecule has 13 atom stereocenters. The molecule has 4 heteroatoms. The summed E-state index contributed by atoms with van der Waals surface area (Å²) in [6.07, 6.45) is 13.8. The van der Waals surface area contributed by atoms with Crippen molar-refractivity contribution in [2.24, 2.45) is 68.3 Å². The van der Waals surface area contributed by atoms with E-state index in [1.165, 1.54) is 70.6 Å². The van der Waals surface area contributed by atoms with Crippen molar-refractivity contribution >= 4 is 0 Å². The van der Waals surface area contributed by atoms with Gasteiger partial charge in [-0.05, 0) is 140 Å². The van der Waals surface area contributed by atoms with E-state index in [0.717, 1.165) is 30.1 Å². The largest absolute Gasteiger partial charge is 0.390 e. The summed E-state index contributed by atoms with van der Waals surface area (Å²) < 4.78 is 0. The molecule has 0 amide bonds. The maximum atomic E-state index is 10.5. The second kappa shape index (κ2) is 10.2. The summed E-state index contributed by atoms with van der Waals surface area (Å²) in [6.45, 7) is 18.4. The Kier molecular flexibility index (Phi) is 7.95. The fourth-order valence-electron chi connectivity index (χ4n) is 13.2. The van der Waals surface area contributed by atoms with Crippen LogP contribution in [0.3, 0.4) is 0 Å². The monoisotopic (exact) mass is 545 g/mol. The van der Waals surface area contributed by atoms with E-state index in [4.69, 9.17) is 5.73 Å². The number of rotatable bonds is 7. The fourth-order valence-corrected chi connectivity index (χ4v) is 13.2. The molecule has 5 fully saturated rings. The van der Waals surface area contributed by atoms with Crippen molar-refractivity contribution in [3.05, 3.63) is 0 Å². The summed E-state index contributed by atoms with van der Waals surface area (Å²) in [6, 6.07) is 0. The molecule has 4 nitrogen and oxygen atoms in total. The highest BCUT2D eigenvalue weighted by Gasteiger charge is 2.70. The number of aliphatic hydroxyl groups excluding tert-OH is 3. The summed E-state index contributed by atoms with van der Waals surface area (Å²) in [5.74, 6) is 4.61. The van der Waals surface area contributed by atoms with E-state index < -0.39 is 18.3 Å². The molecule has 5 saturated carbocycles. The number of nitrogens with two attached hydrogens (primary N) is 1. The number of aliphatic hydroxyl groups is 3. The van der Waals surface area contributed by atoms with Crippen LogP contribution in [0, 0.1) is 62.6 Å². The van der Waals surface area contributed by atoms with Crippen LogP contribution in [-0.2, 0) is 0 Å². The highest BCUT2D eigenvalue weighted by Crippen LogP contribution is 2.78. The van der Waals surface area contributed by atoms with E-state index in [-0.39, 0.29) is 6.54 Å². The minimum Gasteiger partial charge on any atom is -0.390 e. The summed E-state index contributed by atoms with van der Waals surface area (Å²) in [4.78, 5) is 0. The fraction of sp³-hybridized carbons (Fsp3) is 1.00. The first-order valence-electron chi connectivity index (χ1n) is 16.9. The molecule has 0 spiro atoms. The molecule has 0 aromatic heterocycles. The average Bonchev–Trinajstić information content (AvgIpc) is 3.23. The Balaban J connectivity index is 1.33. The van der Waals surface area contributed by atoms with E-state index in [2.05, 4.69) is 48.5 Å². The van der Waals surface area contributed by atoms with E-state index in [9.17, 15) is 15.3 Å². The zero-order valence-electron chi connectivity index (χ0n) is 26.5. The molecule has 0 radical (unpaired) electrons. The Bertz CT molecular complexity index is 891. The molecular formula is C35H63NO3. The molecule has 5 rings (SSSR count). The number of hydrogen-bond donors (Lipinski definition) is 4. The molecule has 0 bridgehead atoms. The van der Waals surface area contributed by atoms with Crippen LogP contribution in [0.2, 0.25) is 0 Å². The minimum atomic E-state index is -1.14. The van der Waals surface area contributed by atoms with Gasteiger partial charge in [0.25, 0.3) is 0 Å². The summed E-state index contributed by atoms with van der Waals surface area (Å²) in [5.41, 5.74) is 7.83. The van der Waals surface area contributed by atoms with Gasteiger partial charge in [0.1, 0.15) is 6.10 Å². The van der Waals surface area contributed by atoms with Gasteiger partial charge in [-0.25, -0.2) is 0 Å². The molecule has 0 saturated heterocycles. The third-order valence-electron chi connectivity index (χ3n) is 15.4. The van der Waals surface area contributed by atoms with Crippen LogP contribution < -0.4 is 5.73 Å². The Morgan fingerprint density at radius 2 is 1.28 bits per heavy atom. The molecule has 0 aliphatic heterocycles. The van der Waals surface area contributed by atoms with Gasteiger partial charge in [0.15, 0.2) is 0 Å². The lowest BCUT2D eigenvalue weighted by molar-refractivity contribution is -0.241. The molecule has 0 aromatic rings. The van der Waals surface area contributed by atoms with Gasteiger partial charge < -0.3 is 21.1 Å². The molecule has 5 aliphatic carbocycles. The van der Waals surface area contributed by atoms with Crippen molar-refractivity contribution in [2.75, 3.05) is 6.54 Å². The molecule has 5 N–H and O–H groups in total. The minimum absolute atomic E-state index is 0.0195. The van der Waals surface area contributed by atoms with Crippen LogP contribution in [0.4, 0.5) is 0 Å². The van der Waals surface area contributed by atoms with Gasteiger partial charge in [-0.3, -0.25) is 0 Å². The van der Waals surface area contributed by atoms with Gasteiger partial charge >= 0.3 is 0 Å². The third-order valence-corrected chi connectivity index (χ3v) is 15.4. The topological polar surface area (TPSA) is 86.7 Å². The van der Waals surface area contributed by atoms with E-state index in [1.54, 1.807) is 0 Å². The molecule has 0 aromatic carbocycles. The van der Waals surface area contributed by atoms with Crippen molar-refractivity contribution in [1.82, 2.24) is 0 Å². The lowest BCUT2D eigenvalue weighted by Crippen LogP contribution is -2.65. The van der Waals surface area contributed by atoms with Crippen LogP contribution >= 0.6 is 0 Å². The maximum Gasteiger partial charge on any atom is 0.107 e. The molecule has 39 heavy (non-hydrogen) atoms. The lowest BCUT2D eigenvalue weighted by atomic mass is 9.32. The van der Waals surface area contributed by atoms with Gasteiger partial charge in [0.05, 0.1) is 12.2 Å². The second-order valence-electron chi connectivity index (χ2n) is 17.2. The smallest absolute Gasteiger partial charge is 0.107 e. The number of hydrogen-bond acceptors (Lipinski definition) is 4. The molecular weight excluding hydrogens is 482 g/mol. The second-order valence-corrected chi connectivity index (χ2v) is 17.2. The molecule has 0 heterocycles. The summed E-state index contributed by atoms with van der Waals surface area (Å²) >= 11 is 0. The van der Waals surface area contributed by atoms with E-state index in [1.807, 2.05) is 0 Å². The first-order chi connectivity index (χ1) is 18.2. The normalized spacial score (nSPS) is 50.1. The van der Waals surface area contributed by atoms with Crippen LogP contribution in [0.25, 0.3) is 0 Å². The van der Waals surface area contributed by atoms with Gasteiger partial charge in [-0.2, -0.15) is 0 Å². The zero-order chi connectivity index (χ0) is 28.6. The van der Waals surface area contributed by atoms with Crippen molar-refractivity contribution in [3.8, 4) is 0 Å². The van der Waals surface area contributed by atoms with Gasteiger partial charge in [0, 0.05) is 6.54 Å². The molecule has 226 valence electrons. The lowest BCUT2D eigenvalue weighted by Gasteiger charge is -2.73. The van der Waals surface area contributed by atoms with E-state index >= 15 is 0 Å². The van der Waals surface area contributed by atoms with Crippen molar-refractivity contribution < 1.29 is 15.3 Å². The summed E-state index contributed by atoms with van der Waals surface area (Å²) in [7, 11) is 0. The predicted octanol–water partition coefficient (Wildman–Crippen LogP) is 6.94. The predicted molar refractivity (Wildman–Crippen MR) is 160 cm³/mol. The average molecular weight is 546 g/mol. The Labute approximate surface area is 240 Å². The van der Waals surface area contributed by atoms with Gasteiger partial charge in [-0.1, -0.05) is 54.9 Å². The molecule has 5 aliphatic rings. The first-order valence-corrected chi connectivity index (χ1v) is 16.9. The van der Waals surface area contributed by atoms with Crippen LogP contribution in [0.5, 0.6) is 0 Å². The van der Waals surface area contributed by atoms with Crippen molar-refractivity contribution in [2.45, 2.75) is 150 Å². The standard InChI is InChI=1S/C35H63NO3/c1-22(9-10-25(37)30(39)26(38)21-36)23-13-18-32(4)24(23)14-19-34(6)28(32)11-12-29-33(5)17-8-16-31(2,3)27(33)15-20-35(29,34)7/h22-30,37-39H,8-21,36H2,1-7H3/t22?,23-,24+,25?,26?,27+,28-,29-,30?,32+,33+,34-,35-/m1/s1. The highest BCUT2D eigenvalue weighted by atomic mass is 16.4. The third kappa shape index (κ3) is 4.42. The highest BCUT2D eigenvalue weighted by molar-refractivity contribution is 5.19. The van der Waals surface area contributed by atoms with Crippen molar-refractivity contribution in [3.63, 3.8) is 0 Å².